The van der Waals surface area contributed by atoms with Crippen LogP contribution >= 0.6 is 11.3 Å². The van der Waals surface area contributed by atoms with Gasteiger partial charge in [-0.25, -0.2) is 4.79 Å². The van der Waals surface area contributed by atoms with Crippen LogP contribution in [0.25, 0.3) is 0 Å². The summed E-state index contributed by atoms with van der Waals surface area (Å²) in [4.78, 5) is 38.2. The van der Waals surface area contributed by atoms with Crippen LogP contribution in [0.4, 0.5) is 0 Å². The molecule has 0 unspecified atom stereocenters. The summed E-state index contributed by atoms with van der Waals surface area (Å²) in [5.41, 5.74) is 2.50. The van der Waals surface area contributed by atoms with Crippen molar-refractivity contribution in [2.75, 3.05) is 6.61 Å². The van der Waals surface area contributed by atoms with Gasteiger partial charge in [0.05, 0.1) is 11.3 Å². The number of carbonyl (C=O) groups excluding carboxylic acids is 3. The summed E-state index contributed by atoms with van der Waals surface area (Å²) in [5, 5.41) is 3.42. The van der Waals surface area contributed by atoms with Crippen molar-refractivity contribution in [3.05, 3.63) is 44.9 Å². The Morgan fingerprint density at radius 3 is 2.52 bits per heavy atom. The fraction of sp³-hybridized carbons (Fsp3) is 0.267. The van der Waals surface area contributed by atoms with Gasteiger partial charge < -0.3 is 9.72 Å². The van der Waals surface area contributed by atoms with Crippen LogP contribution < -0.4 is 0 Å². The SMILES string of the molecule is CC(=O)c1c(C)[nH]c(C(=O)COC(=O)c2ccsc2)c1C. The quantitative estimate of drug-likeness (QED) is 0.680. The number of ketones is 2. The van der Waals surface area contributed by atoms with Gasteiger partial charge in [-0.15, -0.1) is 0 Å². The van der Waals surface area contributed by atoms with Crippen molar-refractivity contribution in [3.8, 4) is 0 Å². The van der Waals surface area contributed by atoms with E-state index in [4.69, 9.17) is 4.74 Å². The Bertz CT molecular complexity index is 698. The molecule has 0 amide bonds. The third kappa shape index (κ3) is 3.11. The minimum atomic E-state index is -0.530. The van der Waals surface area contributed by atoms with Gasteiger partial charge in [0.1, 0.15) is 0 Å². The van der Waals surface area contributed by atoms with Crippen LogP contribution in [0.15, 0.2) is 16.8 Å². The number of aryl methyl sites for hydroxylation is 1. The van der Waals surface area contributed by atoms with E-state index in [0.29, 0.717) is 28.1 Å². The minimum Gasteiger partial charge on any atom is -0.454 e. The molecule has 2 heterocycles. The van der Waals surface area contributed by atoms with Crippen molar-refractivity contribution >= 4 is 28.9 Å². The van der Waals surface area contributed by atoms with Gasteiger partial charge in [0.2, 0.25) is 5.78 Å². The summed E-state index contributed by atoms with van der Waals surface area (Å²) in [6.45, 7) is 4.53. The van der Waals surface area contributed by atoms with Gasteiger partial charge in [0, 0.05) is 16.6 Å². The topological polar surface area (TPSA) is 76.2 Å². The lowest BCUT2D eigenvalue weighted by atomic mass is 10.1. The summed E-state index contributed by atoms with van der Waals surface area (Å²) >= 11 is 1.38. The molecule has 2 rings (SSSR count). The van der Waals surface area contributed by atoms with E-state index in [9.17, 15) is 14.4 Å². The maximum Gasteiger partial charge on any atom is 0.339 e. The van der Waals surface area contributed by atoms with E-state index >= 15 is 0 Å². The fourth-order valence-electron chi connectivity index (χ4n) is 2.22. The molecule has 0 saturated carbocycles. The van der Waals surface area contributed by atoms with Crippen molar-refractivity contribution in [2.24, 2.45) is 0 Å². The molecule has 0 aromatic carbocycles. The second kappa shape index (κ2) is 6.05. The number of hydrogen-bond acceptors (Lipinski definition) is 5. The van der Waals surface area contributed by atoms with Gasteiger partial charge in [0.25, 0.3) is 0 Å². The van der Waals surface area contributed by atoms with E-state index in [0.717, 1.165) is 0 Å². The van der Waals surface area contributed by atoms with Crippen LogP contribution in [0.5, 0.6) is 0 Å². The summed E-state index contributed by atoms with van der Waals surface area (Å²) in [6, 6.07) is 1.63. The minimum absolute atomic E-state index is 0.101. The predicted molar refractivity (Wildman–Crippen MR) is 79.2 cm³/mol. The Balaban J connectivity index is 2.09. The number of esters is 1. The maximum atomic E-state index is 12.1. The van der Waals surface area contributed by atoms with Crippen LogP contribution in [0.1, 0.15) is 49.4 Å². The van der Waals surface area contributed by atoms with Crippen LogP contribution in [0, 0.1) is 13.8 Å². The molecule has 0 bridgehead atoms. The van der Waals surface area contributed by atoms with Gasteiger partial charge >= 0.3 is 5.97 Å². The average molecular weight is 305 g/mol. The number of nitrogens with one attached hydrogen (secondary N) is 1. The van der Waals surface area contributed by atoms with E-state index in [-0.39, 0.29) is 18.2 Å². The summed E-state index contributed by atoms with van der Waals surface area (Å²) < 4.78 is 4.98. The third-order valence-electron chi connectivity index (χ3n) is 3.16. The number of aromatic nitrogens is 1. The first-order valence-corrected chi connectivity index (χ1v) is 7.28. The van der Waals surface area contributed by atoms with Crippen LogP contribution in [-0.4, -0.2) is 29.1 Å². The Labute approximate surface area is 125 Å². The molecular formula is C15H15NO4S. The van der Waals surface area contributed by atoms with E-state index in [1.54, 1.807) is 30.7 Å². The Morgan fingerprint density at radius 1 is 1.29 bits per heavy atom. The highest BCUT2D eigenvalue weighted by molar-refractivity contribution is 7.08. The van der Waals surface area contributed by atoms with Crippen molar-refractivity contribution in [1.82, 2.24) is 4.98 Å². The van der Waals surface area contributed by atoms with Crippen LogP contribution in [-0.2, 0) is 4.74 Å². The monoisotopic (exact) mass is 305 g/mol. The smallest absolute Gasteiger partial charge is 0.339 e. The molecule has 5 nitrogen and oxygen atoms in total. The molecule has 0 atom stereocenters. The second-order valence-electron chi connectivity index (χ2n) is 4.69. The van der Waals surface area contributed by atoms with Gasteiger partial charge in [0.15, 0.2) is 12.4 Å². The molecule has 110 valence electrons. The molecular weight excluding hydrogens is 290 g/mol. The normalized spacial score (nSPS) is 10.4. The summed E-state index contributed by atoms with van der Waals surface area (Å²) in [7, 11) is 0. The van der Waals surface area contributed by atoms with E-state index in [2.05, 4.69) is 4.98 Å². The lowest BCUT2D eigenvalue weighted by Gasteiger charge is -2.03. The predicted octanol–water partition coefficient (Wildman–Crippen LogP) is 2.94. The first kappa shape index (κ1) is 15.2. The number of carbonyl (C=O) groups is 3. The number of rotatable bonds is 5. The highest BCUT2D eigenvalue weighted by Crippen LogP contribution is 2.19. The number of aromatic amines is 1. The molecule has 0 radical (unpaired) electrons. The lowest BCUT2D eigenvalue weighted by Crippen LogP contribution is -2.15. The van der Waals surface area contributed by atoms with Crippen LogP contribution in [0.3, 0.4) is 0 Å². The third-order valence-corrected chi connectivity index (χ3v) is 3.84. The van der Waals surface area contributed by atoms with Gasteiger partial charge in [-0.2, -0.15) is 11.3 Å². The van der Waals surface area contributed by atoms with Crippen LogP contribution in [0.2, 0.25) is 0 Å². The molecule has 2 aromatic heterocycles. The number of H-pyrrole nitrogens is 1. The molecule has 6 heteroatoms. The Morgan fingerprint density at radius 2 is 2.00 bits per heavy atom. The zero-order valence-electron chi connectivity index (χ0n) is 12.0. The lowest BCUT2D eigenvalue weighted by molar-refractivity contribution is 0.0474. The first-order chi connectivity index (χ1) is 9.91. The molecule has 0 fully saturated rings. The second-order valence-corrected chi connectivity index (χ2v) is 5.47. The van der Waals surface area contributed by atoms with E-state index in [1.165, 1.54) is 18.3 Å². The van der Waals surface area contributed by atoms with E-state index in [1.807, 2.05) is 0 Å². The van der Waals surface area contributed by atoms with E-state index < -0.39 is 5.97 Å². The molecule has 1 N–H and O–H groups in total. The molecule has 0 spiro atoms. The zero-order valence-corrected chi connectivity index (χ0v) is 12.8. The standard InChI is InChI=1S/C15H15NO4S/c1-8-13(10(3)17)9(2)16-14(8)12(18)6-20-15(19)11-4-5-21-7-11/h4-5,7,16H,6H2,1-3H3. The molecule has 0 aliphatic rings. The summed E-state index contributed by atoms with van der Waals surface area (Å²) in [6.07, 6.45) is 0. The van der Waals surface area contributed by atoms with Crippen molar-refractivity contribution in [3.63, 3.8) is 0 Å². The molecule has 0 saturated heterocycles. The largest absolute Gasteiger partial charge is 0.454 e. The fourth-order valence-corrected chi connectivity index (χ4v) is 2.85. The van der Waals surface area contributed by atoms with Gasteiger partial charge in [-0.05, 0) is 37.8 Å². The number of ether oxygens (including phenoxy) is 1. The van der Waals surface area contributed by atoms with Gasteiger partial charge in [-0.3, -0.25) is 9.59 Å². The molecule has 2 aromatic rings. The number of hydrogen-bond donors (Lipinski definition) is 1. The van der Waals surface area contributed by atoms with Crippen molar-refractivity contribution in [2.45, 2.75) is 20.8 Å². The molecule has 0 aliphatic carbocycles. The Hall–Kier alpha value is -2.21. The van der Waals surface area contributed by atoms with Gasteiger partial charge in [-0.1, -0.05) is 0 Å². The zero-order chi connectivity index (χ0) is 15.6. The highest BCUT2D eigenvalue weighted by atomic mass is 32.1. The highest BCUT2D eigenvalue weighted by Gasteiger charge is 2.21. The average Bonchev–Trinajstić information content (AvgIpc) is 3.03. The molecule has 0 aliphatic heterocycles. The number of Topliss-reactive ketones (excluding diaryl/α,β-unsaturated/α-hetero) is 2. The Kier molecular flexibility index (Phi) is 4.37. The first-order valence-electron chi connectivity index (χ1n) is 6.34. The van der Waals surface area contributed by atoms with Crippen molar-refractivity contribution < 1.29 is 19.1 Å². The molecule has 21 heavy (non-hydrogen) atoms. The number of thiophene rings is 1. The summed E-state index contributed by atoms with van der Waals surface area (Å²) in [5.74, 6) is -0.987. The maximum absolute atomic E-state index is 12.1. The van der Waals surface area contributed by atoms with Crippen molar-refractivity contribution in [1.29, 1.82) is 0 Å².